The van der Waals surface area contributed by atoms with Gasteiger partial charge in [-0.05, 0) is 102 Å². The molecule has 0 aliphatic heterocycles. The van der Waals surface area contributed by atoms with Gasteiger partial charge in [-0.2, -0.15) is 0 Å². The Balaban J connectivity index is 2.03. The summed E-state index contributed by atoms with van der Waals surface area (Å²) in [7, 11) is -7.63. The molecule has 0 aromatic heterocycles. The summed E-state index contributed by atoms with van der Waals surface area (Å²) in [6.07, 6.45) is 8.92. The van der Waals surface area contributed by atoms with Crippen molar-refractivity contribution in [1.82, 2.24) is 0 Å². The summed E-state index contributed by atoms with van der Waals surface area (Å²) < 4.78 is 20.0. The summed E-state index contributed by atoms with van der Waals surface area (Å²) >= 11 is 0. The lowest BCUT2D eigenvalue weighted by Gasteiger charge is -2.41. The first-order valence-corrected chi connectivity index (χ1v) is 22.1. The summed E-state index contributed by atoms with van der Waals surface area (Å²) in [5, 5.41) is 0. The van der Waals surface area contributed by atoms with Crippen LogP contribution in [0.25, 0.3) is 0 Å². The Morgan fingerprint density at radius 1 is 0.760 bits per heavy atom. The molecule has 0 heterocycles. The zero-order chi connectivity index (χ0) is 19.1. The highest BCUT2D eigenvalue weighted by Crippen LogP contribution is 2.46. The standard InChI is InChI=1S/C18H40O3Si4/c1-22(2,3)19-24(7,8)21-25(9,20-23(4,5)6)13-12-18-15-16-10-11-17(18)14-16/h10-11,16-18H,12-15H2,1-9H3. The largest absolute Gasteiger partial charge is 0.437 e. The van der Waals surface area contributed by atoms with Gasteiger partial charge in [0.05, 0.1) is 0 Å². The molecule has 7 heteroatoms. The van der Waals surface area contributed by atoms with E-state index in [0.29, 0.717) is 0 Å². The van der Waals surface area contributed by atoms with Crippen molar-refractivity contribution in [3.8, 4) is 0 Å². The number of rotatable bonds is 9. The summed E-state index contributed by atoms with van der Waals surface area (Å²) in [5.74, 6) is 2.51. The molecule has 25 heavy (non-hydrogen) atoms. The molecule has 0 saturated heterocycles. The second-order valence-corrected chi connectivity index (χ2v) is 27.1. The molecule has 0 radical (unpaired) electrons. The molecular weight excluding hydrogens is 377 g/mol. The van der Waals surface area contributed by atoms with Crippen molar-refractivity contribution in [3.05, 3.63) is 12.2 Å². The average Bonchev–Trinajstić information content (AvgIpc) is 2.91. The minimum Gasteiger partial charge on any atom is -0.437 e. The van der Waals surface area contributed by atoms with Crippen LogP contribution in [0.5, 0.6) is 0 Å². The van der Waals surface area contributed by atoms with Crippen LogP contribution < -0.4 is 0 Å². The summed E-state index contributed by atoms with van der Waals surface area (Å²) in [4.78, 5) is 0. The molecule has 0 aromatic rings. The van der Waals surface area contributed by atoms with Crippen molar-refractivity contribution < 1.29 is 12.3 Å². The van der Waals surface area contributed by atoms with Crippen LogP contribution in [0.1, 0.15) is 19.3 Å². The highest BCUT2D eigenvalue weighted by atomic mass is 28.5. The monoisotopic (exact) mass is 416 g/mol. The van der Waals surface area contributed by atoms with Gasteiger partial charge in [-0.15, -0.1) is 0 Å². The molecule has 4 unspecified atom stereocenters. The van der Waals surface area contributed by atoms with E-state index in [1.807, 2.05) is 0 Å². The Bertz CT molecular complexity index is 496. The maximum Gasteiger partial charge on any atom is 0.315 e. The zero-order valence-corrected chi connectivity index (χ0v) is 21.9. The van der Waals surface area contributed by atoms with Crippen LogP contribution in [0.3, 0.4) is 0 Å². The topological polar surface area (TPSA) is 27.7 Å². The molecule has 4 atom stereocenters. The molecule has 2 aliphatic carbocycles. The van der Waals surface area contributed by atoms with Gasteiger partial charge in [-0.1, -0.05) is 12.2 Å². The van der Waals surface area contributed by atoms with E-state index in [1.165, 1.54) is 19.3 Å². The normalized spacial score (nSPS) is 29.2. The molecular formula is C18H40O3Si4. The van der Waals surface area contributed by atoms with Crippen molar-refractivity contribution in [3.63, 3.8) is 0 Å². The first-order chi connectivity index (χ1) is 11.2. The van der Waals surface area contributed by atoms with E-state index in [-0.39, 0.29) is 0 Å². The van der Waals surface area contributed by atoms with Crippen LogP contribution in [0.2, 0.25) is 65.0 Å². The predicted octanol–water partition coefficient (Wildman–Crippen LogP) is 6.08. The Kier molecular flexibility index (Phi) is 6.52. The van der Waals surface area contributed by atoms with Gasteiger partial charge >= 0.3 is 17.1 Å². The van der Waals surface area contributed by atoms with E-state index < -0.39 is 33.8 Å². The third kappa shape index (κ3) is 7.19. The number of hydrogen-bond donors (Lipinski definition) is 0. The molecule has 0 spiro atoms. The molecule has 1 saturated carbocycles. The van der Waals surface area contributed by atoms with Crippen LogP contribution in [-0.4, -0.2) is 33.8 Å². The van der Waals surface area contributed by atoms with Gasteiger partial charge in [-0.3, -0.25) is 0 Å². The lowest BCUT2D eigenvalue weighted by Crippen LogP contribution is -2.56. The second kappa shape index (κ2) is 7.48. The lowest BCUT2D eigenvalue weighted by molar-refractivity contribution is 0.314. The Morgan fingerprint density at radius 3 is 1.80 bits per heavy atom. The highest BCUT2D eigenvalue weighted by molar-refractivity contribution is 6.89. The fraction of sp³-hybridized carbons (Fsp3) is 0.889. The van der Waals surface area contributed by atoms with Crippen molar-refractivity contribution in [2.75, 3.05) is 0 Å². The van der Waals surface area contributed by atoms with Crippen LogP contribution in [0.4, 0.5) is 0 Å². The Morgan fingerprint density at radius 2 is 1.36 bits per heavy atom. The van der Waals surface area contributed by atoms with E-state index in [4.69, 9.17) is 12.3 Å². The molecule has 0 aromatic carbocycles. The predicted molar refractivity (Wildman–Crippen MR) is 117 cm³/mol. The third-order valence-corrected chi connectivity index (χ3v) is 18.4. The molecule has 146 valence electrons. The summed E-state index contributed by atoms with van der Waals surface area (Å²) in [6.45, 7) is 20.4. The van der Waals surface area contributed by atoms with Crippen molar-refractivity contribution in [2.24, 2.45) is 17.8 Å². The Hall–Kier alpha value is 0.488. The van der Waals surface area contributed by atoms with E-state index in [2.05, 4.69) is 71.1 Å². The first kappa shape index (κ1) is 21.8. The maximum absolute atomic E-state index is 6.80. The van der Waals surface area contributed by atoms with Crippen LogP contribution in [0.15, 0.2) is 12.2 Å². The number of hydrogen-bond acceptors (Lipinski definition) is 3. The fourth-order valence-corrected chi connectivity index (χ4v) is 22.8. The minimum atomic E-state index is -2.22. The minimum absolute atomic E-state index is 0.818. The average molecular weight is 417 g/mol. The molecule has 0 amide bonds. The van der Waals surface area contributed by atoms with Crippen LogP contribution in [-0.2, 0) is 12.3 Å². The van der Waals surface area contributed by atoms with E-state index in [0.717, 1.165) is 23.8 Å². The second-order valence-electron chi connectivity index (χ2n) is 10.6. The smallest absolute Gasteiger partial charge is 0.315 e. The SMILES string of the molecule is C[Si](C)(C)O[Si](C)(C)O[Si](C)(CCC1CC2C=CC1C2)O[Si](C)(C)C. The summed E-state index contributed by atoms with van der Waals surface area (Å²) in [6, 6.07) is 1.12. The van der Waals surface area contributed by atoms with E-state index >= 15 is 0 Å². The van der Waals surface area contributed by atoms with Crippen LogP contribution >= 0.6 is 0 Å². The van der Waals surface area contributed by atoms with Gasteiger partial charge in [0.25, 0.3) is 0 Å². The van der Waals surface area contributed by atoms with E-state index in [9.17, 15) is 0 Å². The zero-order valence-electron chi connectivity index (χ0n) is 17.9. The molecule has 0 N–H and O–H groups in total. The van der Waals surface area contributed by atoms with Gasteiger partial charge in [0.2, 0.25) is 0 Å². The molecule has 2 aliphatic rings. The number of allylic oxidation sites excluding steroid dienone is 2. The summed E-state index contributed by atoms with van der Waals surface area (Å²) in [5.41, 5.74) is 0. The fourth-order valence-electron chi connectivity index (χ4n) is 4.72. The quantitative estimate of drug-likeness (QED) is 0.336. The third-order valence-electron chi connectivity index (χ3n) is 4.92. The molecule has 2 rings (SSSR count). The van der Waals surface area contributed by atoms with Crippen LogP contribution in [0, 0.1) is 17.8 Å². The van der Waals surface area contributed by atoms with E-state index in [1.54, 1.807) is 0 Å². The van der Waals surface area contributed by atoms with Gasteiger partial charge in [0.15, 0.2) is 16.6 Å². The van der Waals surface area contributed by atoms with Crippen molar-refractivity contribution in [1.29, 1.82) is 0 Å². The van der Waals surface area contributed by atoms with Crippen molar-refractivity contribution in [2.45, 2.75) is 84.2 Å². The lowest BCUT2D eigenvalue weighted by atomic mass is 9.91. The molecule has 1 fully saturated rings. The van der Waals surface area contributed by atoms with Gasteiger partial charge in [0, 0.05) is 0 Å². The Labute approximate surface area is 160 Å². The van der Waals surface area contributed by atoms with Crippen molar-refractivity contribution >= 4 is 33.8 Å². The van der Waals surface area contributed by atoms with Gasteiger partial charge in [-0.25, -0.2) is 0 Å². The van der Waals surface area contributed by atoms with Gasteiger partial charge in [0.1, 0.15) is 0 Å². The van der Waals surface area contributed by atoms with Gasteiger partial charge < -0.3 is 12.3 Å². The molecule has 3 nitrogen and oxygen atoms in total. The molecule has 2 bridgehead atoms. The number of fused-ring (bicyclic) bond motifs is 2. The maximum atomic E-state index is 6.80. The highest BCUT2D eigenvalue weighted by Gasteiger charge is 2.45. The first-order valence-electron chi connectivity index (χ1n) is 9.95.